The number of rotatable bonds is 8. The summed E-state index contributed by atoms with van der Waals surface area (Å²) in [6, 6.07) is 5.50. The molecule has 0 aromatic heterocycles. The van der Waals surface area contributed by atoms with Crippen LogP contribution >= 0.6 is 0 Å². The van der Waals surface area contributed by atoms with Crippen molar-refractivity contribution in [3.63, 3.8) is 0 Å². The van der Waals surface area contributed by atoms with E-state index in [1.165, 1.54) is 11.8 Å². The Bertz CT molecular complexity index is 571. The number of ether oxygens (including phenoxy) is 2. The van der Waals surface area contributed by atoms with Crippen LogP contribution < -0.4 is 0 Å². The number of fused-ring (bicyclic) bond motifs is 1. The standard InChI is InChI=1S/C16H22N2O5/c1-4-22-14(23-5-2)10-17-15(11(3)18(20)21)12-8-6-7-9-13(12)16(17)19/h6-9,11,14-15H,4-5,10H2,1-3H3. The third-order valence-corrected chi connectivity index (χ3v) is 3.95. The fraction of sp³-hybridized carbons (Fsp3) is 0.562. The molecule has 2 atom stereocenters. The molecule has 1 aromatic carbocycles. The van der Waals surface area contributed by atoms with E-state index < -0.39 is 18.4 Å². The lowest BCUT2D eigenvalue weighted by molar-refractivity contribution is -0.526. The van der Waals surface area contributed by atoms with Crippen LogP contribution in [-0.4, -0.2) is 47.8 Å². The van der Waals surface area contributed by atoms with Crippen LogP contribution in [0.4, 0.5) is 0 Å². The van der Waals surface area contributed by atoms with Gasteiger partial charge in [-0.1, -0.05) is 18.2 Å². The number of benzene rings is 1. The Morgan fingerprint density at radius 3 is 2.43 bits per heavy atom. The lowest BCUT2D eigenvalue weighted by Gasteiger charge is -2.29. The van der Waals surface area contributed by atoms with E-state index in [-0.39, 0.29) is 17.4 Å². The smallest absolute Gasteiger partial charge is 0.255 e. The average Bonchev–Trinajstić information content (AvgIpc) is 2.80. The first-order valence-electron chi connectivity index (χ1n) is 7.77. The average molecular weight is 322 g/mol. The van der Waals surface area contributed by atoms with Crippen LogP contribution in [0.1, 0.15) is 42.7 Å². The molecule has 126 valence electrons. The maximum Gasteiger partial charge on any atom is 0.255 e. The Balaban J connectivity index is 2.32. The predicted molar refractivity (Wildman–Crippen MR) is 83.7 cm³/mol. The van der Waals surface area contributed by atoms with E-state index in [0.29, 0.717) is 24.3 Å². The minimum atomic E-state index is -0.911. The van der Waals surface area contributed by atoms with Crippen LogP contribution in [-0.2, 0) is 9.47 Å². The zero-order valence-electron chi connectivity index (χ0n) is 13.6. The molecule has 2 rings (SSSR count). The molecule has 2 unspecified atom stereocenters. The summed E-state index contributed by atoms with van der Waals surface area (Å²) in [5.41, 5.74) is 1.20. The Morgan fingerprint density at radius 1 is 1.26 bits per heavy atom. The van der Waals surface area contributed by atoms with Gasteiger partial charge in [-0.3, -0.25) is 14.9 Å². The van der Waals surface area contributed by atoms with Gasteiger partial charge in [-0.05, 0) is 25.5 Å². The molecule has 1 amide bonds. The summed E-state index contributed by atoms with van der Waals surface area (Å²) in [5, 5.41) is 11.3. The summed E-state index contributed by atoms with van der Waals surface area (Å²) < 4.78 is 11.0. The van der Waals surface area contributed by atoms with Crippen LogP contribution in [0.15, 0.2) is 24.3 Å². The minimum absolute atomic E-state index is 0.165. The third kappa shape index (κ3) is 3.51. The van der Waals surface area contributed by atoms with E-state index >= 15 is 0 Å². The monoisotopic (exact) mass is 322 g/mol. The first-order chi connectivity index (χ1) is 11.0. The highest BCUT2D eigenvalue weighted by atomic mass is 16.7. The fourth-order valence-electron chi connectivity index (χ4n) is 2.92. The molecule has 1 aliphatic rings. The van der Waals surface area contributed by atoms with Crippen molar-refractivity contribution in [2.75, 3.05) is 19.8 Å². The molecule has 0 fully saturated rings. The topological polar surface area (TPSA) is 81.9 Å². The molecule has 0 N–H and O–H groups in total. The van der Waals surface area contributed by atoms with Gasteiger partial charge in [0.1, 0.15) is 6.04 Å². The number of nitro groups is 1. The summed E-state index contributed by atoms with van der Waals surface area (Å²) in [6.07, 6.45) is -0.593. The molecule has 0 spiro atoms. The van der Waals surface area contributed by atoms with Gasteiger partial charge in [0.15, 0.2) is 6.29 Å². The molecule has 0 radical (unpaired) electrons. The van der Waals surface area contributed by atoms with Crippen molar-refractivity contribution in [1.29, 1.82) is 0 Å². The van der Waals surface area contributed by atoms with Crippen LogP contribution in [0.5, 0.6) is 0 Å². The van der Waals surface area contributed by atoms with Crippen LogP contribution in [0.25, 0.3) is 0 Å². The third-order valence-electron chi connectivity index (χ3n) is 3.95. The second kappa shape index (κ2) is 7.52. The zero-order chi connectivity index (χ0) is 17.0. The molecular formula is C16H22N2O5. The van der Waals surface area contributed by atoms with Gasteiger partial charge in [0.2, 0.25) is 6.04 Å². The number of hydrogen-bond acceptors (Lipinski definition) is 5. The van der Waals surface area contributed by atoms with Gasteiger partial charge in [-0.15, -0.1) is 0 Å². The number of hydrogen-bond donors (Lipinski definition) is 0. The highest BCUT2D eigenvalue weighted by Crippen LogP contribution is 2.36. The largest absolute Gasteiger partial charge is 0.351 e. The van der Waals surface area contributed by atoms with Crippen LogP contribution in [0.3, 0.4) is 0 Å². The normalized spacial score (nSPS) is 18.3. The molecule has 7 heteroatoms. The minimum Gasteiger partial charge on any atom is -0.351 e. The van der Waals surface area contributed by atoms with Crippen LogP contribution in [0, 0.1) is 10.1 Å². The second-order valence-electron chi connectivity index (χ2n) is 5.36. The first-order valence-corrected chi connectivity index (χ1v) is 7.77. The van der Waals surface area contributed by atoms with Crippen molar-refractivity contribution in [2.24, 2.45) is 0 Å². The molecule has 1 aromatic rings. The molecule has 1 aliphatic heterocycles. The molecule has 0 saturated heterocycles. The highest BCUT2D eigenvalue weighted by Gasteiger charge is 2.45. The Hall–Kier alpha value is -1.99. The summed E-state index contributed by atoms with van der Waals surface area (Å²) in [5.74, 6) is -0.219. The molecule has 23 heavy (non-hydrogen) atoms. The van der Waals surface area contributed by atoms with E-state index in [9.17, 15) is 14.9 Å². The molecule has 7 nitrogen and oxygen atoms in total. The van der Waals surface area contributed by atoms with E-state index in [4.69, 9.17) is 9.47 Å². The quantitative estimate of drug-likeness (QED) is 0.416. The van der Waals surface area contributed by atoms with Crippen molar-refractivity contribution in [3.05, 3.63) is 45.5 Å². The van der Waals surface area contributed by atoms with Crippen molar-refractivity contribution in [2.45, 2.75) is 39.1 Å². The van der Waals surface area contributed by atoms with Gasteiger partial charge in [0, 0.05) is 30.6 Å². The van der Waals surface area contributed by atoms with Crippen molar-refractivity contribution in [1.82, 2.24) is 4.90 Å². The number of nitrogens with zero attached hydrogens (tertiary/aromatic N) is 2. The first kappa shape index (κ1) is 17.4. The Labute approximate surface area is 135 Å². The van der Waals surface area contributed by atoms with E-state index in [2.05, 4.69) is 0 Å². The Kier molecular flexibility index (Phi) is 5.68. The van der Waals surface area contributed by atoms with Gasteiger partial charge in [-0.2, -0.15) is 0 Å². The SMILES string of the molecule is CCOC(CN1C(=O)c2ccccc2C1C(C)[N+](=O)[O-])OCC. The highest BCUT2D eigenvalue weighted by molar-refractivity contribution is 5.99. The summed E-state index contributed by atoms with van der Waals surface area (Å²) in [7, 11) is 0. The maximum absolute atomic E-state index is 12.7. The van der Waals surface area contributed by atoms with Gasteiger partial charge in [0.05, 0.1) is 6.54 Å². The van der Waals surface area contributed by atoms with Gasteiger partial charge in [-0.25, -0.2) is 0 Å². The fourth-order valence-corrected chi connectivity index (χ4v) is 2.92. The summed E-state index contributed by atoms with van der Waals surface area (Å²) in [4.78, 5) is 25.1. The van der Waals surface area contributed by atoms with Gasteiger partial charge < -0.3 is 14.4 Å². The van der Waals surface area contributed by atoms with Crippen molar-refractivity contribution >= 4 is 5.91 Å². The molecule has 0 aliphatic carbocycles. The molecule has 1 heterocycles. The molecule has 0 saturated carbocycles. The lowest BCUT2D eigenvalue weighted by Crippen LogP contribution is -2.42. The van der Waals surface area contributed by atoms with Gasteiger partial charge >= 0.3 is 0 Å². The van der Waals surface area contributed by atoms with E-state index in [1.54, 1.807) is 24.3 Å². The number of carbonyl (C=O) groups is 1. The molecular weight excluding hydrogens is 300 g/mol. The number of carbonyl (C=O) groups excluding carboxylic acids is 1. The second-order valence-corrected chi connectivity index (χ2v) is 5.36. The van der Waals surface area contributed by atoms with E-state index in [0.717, 1.165) is 0 Å². The Morgan fingerprint density at radius 2 is 1.87 bits per heavy atom. The lowest BCUT2D eigenvalue weighted by atomic mass is 10.00. The summed E-state index contributed by atoms with van der Waals surface area (Å²) in [6.45, 7) is 6.24. The van der Waals surface area contributed by atoms with Crippen LogP contribution in [0.2, 0.25) is 0 Å². The van der Waals surface area contributed by atoms with Crippen molar-refractivity contribution < 1.29 is 19.2 Å². The summed E-state index contributed by atoms with van der Waals surface area (Å²) >= 11 is 0. The molecule has 0 bridgehead atoms. The maximum atomic E-state index is 12.7. The number of amides is 1. The van der Waals surface area contributed by atoms with E-state index in [1.807, 2.05) is 13.8 Å². The van der Waals surface area contributed by atoms with Gasteiger partial charge in [0.25, 0.3) is 5.91 Å². The van der Waals surface area contributed by atoms with Crippen molar-refractivity contribution in [3.8, 4) is 0 Å². The predicted octanol–water partition coefficient (Wildman–Crippen LogP) is 2.25. The zero-order valence-corrected chi connectivity index (χ0v) is 13.6.